The molecule has 7 nitrogen and oxygen atoms in total. The maximum Gasteiger partial charge on any atom is 0.235 e. The number of rotatable bonds is 5. The normalized spacial score (nSPS) is 19.5. The number of imidazole rings is 1. The Kier molecular flexibility index (Phi) is 4.20. The van der Waals surface area contributed by atoms with Crippen LogP contribution >= 0.6 is 0 Å². The lowest BCUT2D eigenvalue weighted by atomic mass is 10.2. The molecule has 1 saturated heterocycles. The number of nitrogens with zero attached hydrogens (tertiary/aromatic N) is 2. The third-order valence-corrected chi connectivity index (χ3v) is 4.52. The number of amides is 1. The second-order valence-electron chi connectivity index (χ2n) is 4.52. The maximum atomic E-state index is 11.9. The third-order valence-electron chi connectivity index (χ3n) is 2.93. The molecule has 1 N–H and O–H groups in total. The Bertz CT molecular complexity index is 546. The second kappa shape index (κ2) is 5.70. The van der Waals surface area contributed by atoms with Crippen LogP contribution < -0.4 is 5.32 Å². The van der Waals surface area contributed by atoms with Crippen molar-refractivity contribution in [1.29, 1.82) is 0 Å². The van der Waals surface area contributed by atoms with Crippen molar-refractivity contribution < 1.29 is 17.9 Å². The largest absolute Gasteiger partial charge is 0.376 e. The lowest BCUT2D eigenvalue weighted by Gasteiger charge is -2.10. The van der Waals surface area contributed by atoms with Crippen molar-refractivity contribution in [2.24, 2.45) is 7.05 Å². The molecule has 1 aromatic rings. The van der Waals surface area contributed by atoms with Gasteiger partial charge < -0.3 is 14.6 Å². The maximum absolute atomic E-state index is 11.9. The first-order chi connectivity index (χ1) is 8.99. The zero-order valence-electron chi connectivity index (χ0n) is 10.7. The fraction of sp³-hybridized carbons (Fsp3) is 0.636. The Morgan fingerprint density at radius 2 is 2.42 bits per heavy atom. The number of sulfone groups is 1. The van der Waals surface area contributed by atoms with Gasteiger partial charge in [0, 0.05) is 32.6 Å². The molecule has 8 heteroatoms. The molecule has 1 aliphatic rings. The molecule has 1 aromatic heterocycles. The number of hydrogen-bond donors (Lipinski definition) is 1. The van der Waals surface area contributed by atoms with Crippen molar-refractivity contribution >= 4 is 15.7 Å². The molecular formula is C11H17N3O4S. The molecule has 1 atom stereocenters. The summed E-state index contributed by atoms with van der Waals surface area (Å²) < 4.78 is 30.6. The summed E-state index contributed by atoms with van der Waals surface area (Å²) in [6, 6.07) is 0. The molecule has 0 bridgehead atoms. The van der Waals surface area contributed by atoms with E-state index in [1.807, 2.05) is 0 Å². The van der Waals surface area contributed by atoms with Crippen LogP contribution in [0.15, 0.2) is 17.6 Å². The highest BCUT2D eigenvalue weighted by Crippen LogP contribution is 2.11. The number of aryl methyl sites for hydroxylation is 1. The molecule has 0 saturated carbocycles. The Morgan fingerprint density at radius 1 is 1.63 bits per heavy atom. The Hall–Kier alpha value is -1.41. The van der Waals surface area contributed by atoms with Crippen LogP contribution in [0.4, 0.5) is 0 Å². The average molecular weight is 287 g/mol. The smallest absolute Gasteiger partial charge is 0.235 e. The van der Waals surface area contributed by atoms with Gasteiger partial charge >= 0.3 is 0 Å². The van der Waals surface area contributed by atoms with E-state index < -0.39 is 21.5 Å². The van der Waals surface area contributed by atoms with E-state index >= 15 is 0 Å². The van der Waals surface area contributed by atoms with Crippen LogP contribution in [-0.2, 0) is 26.4 Å². The minimum absolute atomic E-state index is 0.000171. The van der Waals surface area contributed by atoms with Crippen molar-refractivity contribution in [1.82, 2.24) is 14.9 Å². The summed E-state index contributed by atoms with van der Waals surface area (Å²) in [5, 5.41) is 2.48. The molecule has 2 heterocycles. The highest BCUT2D eigenvalue weighted by Gasteiger charge is 2.24. The van der Waals surface area contributed by atoms with Gasteiger partial charge in [0.15, 0.2) is 0 Å². The number of nitrogens with one attached hydrogen (secondary N) is 1. The van der Waals surface area contributed by atoms with E-state index in [0.29, 0.717) is 13.2 Å². The predicted octanol–water partition coefficient (Wildman–Crippen LogP) is -0.511. The number of ether oxygens (including phenoxy) is 1. The van der Waals surface area contributed by atoms with Crippen LogP contribution in [0.5, 0.6) is 0 Å². The van der Waals surface area contributed by atoms with Gasteiger partial charge in [-0.05, 0) is 12.8 Å². The highest BCUT2D eigenvalue weighted by atomic mass is 32.2. The number of hydrogen-bond acceptors (Lipinski definition) is 5. The molecule has 106 valence electrons. The minimum Gasteiger partial charge on any atom is -0.376 e. The molecule has 1 unspecified atom stereocenters. The van der Waals surface area contributed by atoms with Crippen LogP contribution in [0.25, 0.3) is 0 Å². The molecule has 0 aliphatic carbocycles. The van der Waals surface area contributed by atoms with Gasteiger partial charge in [-0.25, -0.2) is 13.4 Å². The summed E-state index contributed by atoms with van der Waals surface area (Å²) in [7, 11) is -2.12. The lowest BCUT2D eigenvalue weighted by molar-refractivity contribution is -0.119. The number of aromatic nitrogens is 2. The van der Waals surface area contributed by atoms with Gasteiger partial charge in [0.25, 0.3) is 0 Å². The van der Waals surface area contributed by atoms with Gasteiger partial charge in [-0.1, -0.05) is 0 Å². The summed E-state index contributed by atoms with van der Waals surface area (Å²) in [6.45, 7) is 1.06. The SMILES string of the molecule is Cn1ccnc1S(=O)(=O)CC(=O)NCC1CCCO1. The Morgan fingerprint density at radius 3 is 3.00 bits per heavy atom. The first-order valence-corrected chi connectivity index (χ1v) is 7.72. The van der Waals surface area contributed by atoms with Crippen LogP contribution in [0.3, 0.4) is 0 Å². The summed E-state index contributed by atoms with van der Waals surface area (Å²) >= 11 is 0. The van der Waals surface area contributed by atoms with Crippen LogP contribution in [0, 0.1) is 0 Å². The van der Waals surface area contributed by atoms with Gasteiger partial charge in [-0.15, -0.1) is 0 Å². The summed E-state index contributed by atoms with van der Waals surface area (Å²) in [5.41, 5.74) is 0. The van der Waals surface area contributed by atoms with E-state index in [0.717, 1.165) is 12.8 Å². The Labute approximate surface area is 111 Å². The number of carbonyl (C=O) groups excluding carboxylic acids is 1. The summed E-state index contributed by atoms with van der Waals surface area (Å²) in [5.74, 6) is -1.12. The molecule has 1 aliphatic heterocycles. The molecule has 2 rings (SSSR count). The fourth-order valence-corrected chi connectivity index (χ4v) is 3.27. The summed E-state index contributed by atoms with van der Waals surface area (Å²) in [6.07, 6.45) is 4.78. The van der Waals surface area contributed by atoms with Crippen molar-refractivity contribution in [3.63, 3.8) is 0 Å². The topological polar surface area (TPSA) is 90.3 Å². The molecule has 0 radical (unpaired) electrons. The first kappa shape index (κ1) is 14.0. The summed E-state index contributed by atoms with van der Waals surface area (Å²) in [4.78, 5) is 15.4. The quantitative estimate of drug-likeness (QED) is 0.787. The van der Waals surface area contributed by atoms with Crippen molar-refractivity contribution in [3.8, 4) is 0 Å². The first-order valence-electron chi connectivity index (χ1n) is 6.07. The van der Waals surface area contributed by atoms with E-state index in [4.69, 9.17) is 4.74 Å². The predicted molar refractivity (Wildman–Crippen MR) is 67.2 cm³/mol. The van der Waals surface area contributed by atoms with E-state index in [9.17, 15) is 13.2 Å². The standard InChI is InChI=1S/C11H17N3O4S/c1-14-5-4-12-11(14)19(16,17)8-10(15)13-7-9-3-2-6-18-9/h4-5,9H,2-3,6-8H2,1H3,(H,13,15). The Balaban J connectivity index is 1.89. The van der Waals surface area contributed by atoms with Crippen molar-refractivity contribution in [3.05, 3.63) is 12.4 Å². The molecule has 19 heavy (non-hydrogen) atoms. The second-order valence-corrected chi connectivity index (χ2v) is 6.40. The van der Waals surface area contributed by atoms with Gasteiger partial charge in [0.05, 0.1) is 6.10 Å². The molecule has 0 spiro atoms. The van der Waals surface area contributed by atoms with E-state index in [2.05, 4.69) is 10.3 Å². The van der Waals surface area contributed by atoms with E-state index in [1.165, 1.54) is 17.0 Å². The molecule has 0 aromatic carbocycles. The van der Waals surface area contributed by atoms with Gasteiger partial charge in [0.1, 0.15) is 5.75 Å². The van der Waals surface area contributed by atoms with Crippen molar-refractivity contribution in [2.45, 2.75) is 24.1 Å². The van der Waals surface area contributed by atoms with E-state index in [1.54, 1.807) is 7.05 Å². The van der Waals surface area contributed by atoms with Gasteiger partial charge in [-0.2, -0.15) is 0 Å². The fourth-order valence-electron chi connectivity index (χ4n) is 1.97. The zero-order chi connectivity index (χ0) is 13.9. The zero-order valence-corrected chi connectivity index (χ0v) is 11.5. The van der Waals surface area contributed by atoms with E-state index in [-0.39, 0.29) is 11.3 Å². The van der Waals surface area contributed by atoms with Crippen LogP contribution in [0.2, 0.25) is 0 Å². The highest BCUT2D eigenvalue weighted by molar-refractivity contribution is 7.91. The molecule has 1 fully saturated rings. The van der Waals surface area contributed by atoms with Gasteiger partial charge in [0.2, 0.25) is 20.9 Å². The number of carbonyl (C=O) groups is 1. The molecule has 1 amide bonds. The third kappa shape index (κ3) is 3.54. The minimum atomic E-state index is -3.69. The van der Waals surface area contributed by atoms with Gasteiger partial charge in [-0.3, -0.25) is 4.79 Å². The van der Waals surface area contributed by atoms with Crippen molar-refractivity contribution in [2.75, 3.05) is 18.9 Å². The lowest BCUT2D eigenvalue weighted by Crippen LogP contribution is -2.36. The monoisotopic (exact) mass is 287 g/mol. The molecular weight excluding hydrogens is 270 g/mol. The average Bonchev–Trinajstić information content (AvgIpc) is 2.96. The van der Waals surface area contributed by atoms with Crippen LogP contribution in [-0.4, -0.2) is 48.9 Å². The van der Waals surface area contributed by atoms with Crippen LogP contribution in [0.1, 0.15) is 12.8 Å².